The molecule has 0 bridgehead atoms. The Morgan fingerprint density at radius 2 is 2.11 bits per heavy atom. The summed E-state index contributed by atoms with van der Waals surface area (Å²) in [7, 11) is 0. The van der Waals surface area contributed by atoms with Crippen LogP contribution in [0, 0.1) is 5.92 Å². The van der Waals surface area contributed by atoms with Crippen molar-refractivity contribution in [2.24, 2.45) is 5.92 Å². The van der Waals surface area contributed by atoms with Crippen molar-refractivity contribution < 1.29 is 19.5 Å². The molecule has 1 aliphatic heterocycles. The topological polar surface area (TPSA) is 86.7 Å². The number of nitrogens with one attached hydrogen (secondary N) is 1. The summed E-state index contributed by atoms with van der Waals surface area (Å²) >= 11 is 0. The predicted octanol–water partition coefficient (Wildman–Crippen LogP) is 0.224. The minimum Gasteiger partial charge on any atom is -0.480 e. The number of amides is 2. The van der Waals surface area contributed by atoms with E-state index in [0.717, 1.165) is 6.42 Å². The molecule has 6 heteroatoms. The Morgan fingerprint density at radius 3 is 2.61 bits per heavy atom. The van der Waals surface area contributed by atoms with Gasteiger partial charge in [0.1, 0.15) is 6.04 Å². The van der Waals surface area contributed by atoms with E-state index in [1.807, 2.05) is 0 Å². The summed E-state index contributed by atoms with van der Waals surface area (Å²) < 4.78 is 0. The largest absolute Gasteiger partial charge is 0.480 e. The van der Waals surface area contributed by atoms with Gasteiger partial charge in [0.15, 0.2) is 0 Å². The Labute approximate surface area is 106 Å². The zero-order valence-corrected chi connectivity index (χ0v) is 10.8. The highest BCUT2D eigenvalue weighted by molar-refractivity contribution is 5.85. The lowest BCUT2D eigenvalue weighted by molar-refractivity contribution is -0.143. The van der Waals surface area contributed by atoms with Gasteiger partial charge in [0, 0.05) is 20.0 Å². The van der Waals surface area contributed by atoms with Crippen molar-refractivity contribution >= 4 is 17.8 Å². The molecule has 102 valence electrons. The van der Waals surface area contributed by atoms with Crippen molar-refractivity contribution in [3.05, 3.63) is 0 Å². The van der Waals surface area contributed by atoms with E-state index in [4.69, 9.17) is 5.11 Å². The van der Waals surface area contributed by atoms with E-state index in [2.05, 4.69) is 5.32 Å². The maximum absolute atomic E-state index is 11.9. The molecule has 0 saturated carbocycles. The lowest BCUT2D eigenvalue weighted by atomic mass is 9.96. The number of likely N-dealkylation sites (tertiary alicyclic amines) is 1. The summed E-state index contributed by atoms with van der Waals surface area (Å²) in [5, 5.41) is 11.4. The fraction of sp³-hybridized carbons (Fsp3) is 0.750. The first-order valence-corrected chi connectivity index (χ1v) is 6.24. The monoisotopic (exact) mass is 256 g/mol. The number of nitrogens with zero attached hydrogens (tertiary/aromatic N) is 1. The van der Waals surface area contributed by atoms with Crippen LogP contribution in [0.4, 0.5) is 0 Å². The van der Waals surface area contributed by atoms with Gasteiger partial charge in [-0.2, -0.15) is 0 Å². The third-order valence-electron chi connectivity index (χ3n) is 3.26. The quantitative estimate of drug-likeness (QED) is 0.753. The van der Waals surface area contributed by atoms with Gasteiger partial charge < -0.3 is 15.3 Å². The SMILES string of the molecule is CC[C@H](NC(=O)C1CCCN(C(C)=O)C1)C(=O)O. The molecule has 6 nitrogen and oxygen atoms in total. The van der Waals surface area contributed by atoms with Crippen LogP contribution in [0.2, 0.25) is 0 Å². The molecule has 2 amide bonds. The Balaban J connectivity index is 2.55. The summed E-state index contributed by atoms with van der Waals surface area (Å²) in [6.45, 7) is 4.25. The Morgan fingerprint density at radius 1 is 1.44 bits per heavy atom. The van der Waals surface area contributed by atoms with Gasteiger partial charge in [0.25, 0.3) is 0 Å². The van der Waals surface area contributed by atoms with E-state index in [9.17, 15) is 14.4 Å². The number of piperidine rings is 1. The summed E-state index contributed by atoms with van der Waals surface area (Å²) in [6, 6.07) is -0.842. The highest BCUT2D eigenvalue weighted by Crippen LogP contribution is 2.17. The van der Waals surface area contributed by atoms with Gasteiger partial charge in [-0.15, -0.1) is 0 Å². The number of carboxylic acid groups (broad SMARTS) is 1. The Kier molecular flexibility index (Phi) is 5.12. The second-order valence-corrected chi connectivity index (χ2v) is 4.61. The fourth-order valence-electron chi connectivity index (χ4n) is 2.11. The van der Waals surface area contributed by atoms with Gasteiger partial charge in [-0.3, -0.25) is 9.59 Å². The summed E-state index contributed by atoms with van der Waals surface area (Å²) in [5.41, 5.74) is 0. The maximum Gasteiger partial charge on any atom is 0.326 e. The Bertz CT molecular complexity index is 343. The van der Waals surface area contributed by atoms with Crippen molar-refractivity contribution in [1.82, 2.24) is 10.2 Å². The smallest absolute Gasteiger partial charge is 0.326 e. The molecular weight excluding hydrogens is 236 g/mol. The zero-order chi connectivity index (χ0) is 13.7. The fourth-order valence-corrected chi connectivity index (χ4v) is 2.11. The number of rotatable bonds is 4. The van der Waals surface area contributed by atoms with Gasteiger partial charge in [-0.1, -0.05) is 6.92 Å². The van der Waals surface area contributed by atoms with Gasteiger partial charge in [0.05, 0.1) is 5.92 Å². The van der Waals surface area contributed by atoms with Crippen molar-refractivity contribution in [1.29, 1.82) is 0 Å². The first-order valence-electron chi connectivity index (χ1n) is 6.24. The third-order valence-corrected chi connectivity index (χ3v) is 3.26. The molecule has 1 unspecified atom stereocenters. The van der Waals surface area contributed by atoms with Crippen LogP contribution in [0.5, 0.6) is 0 Å². The highest BCUT2D eigenvalue weighted by Gasteiger charge is 2.29. The van der Waals surface area contributed by atoms with E-state index in [1.54, 1.807) is 11.8 Å². The van der Waals surface area contributed by atoms with E-state index in [-0.39, 0.29) is 17.7 Å². The van der Waals surface area contributed by atoms with E-state index in [0.29, 0.717) is 25.9 Å². The number of carbonyl (C=O) groups excluding carboxylic acids is 2. The standard InChI is InChI=1S/C12H20N2O4/c1-3-10(12(17)18)13-11(16)9-5-4-6-14(7-9)8(2)15/h9-10H,3-7H2,1-2H3,(H,13,16)(H,17,18)/t9?,10-/m0/s1. The lowest BCUT2D eigenvalue weighted by Crippen LogP contribution is -2.48. The lowest BCUT2D eigenvalue weighted by Gasteiger charge is -2.31. The van der Waals surface area contributed by atoms with E-state index in [1.165, 1.54) is 6.92 Å². The first-order chi connectivity index (χ1) is 8.45. The van der Waals surface area contributed by atoms with Crippen LogP contribution in [0.25, 0.3) is 0 Å². The van der Waals surface area contributed by atoms with Crippen LogP contribution in [-0.2, 0) is 14.4 Å². The zero-order valence-electron chi connectivity index (χ0n) is 10.8. The molecule has 0 aromatic heterocycles. The summed E-state index contributed by atoms with van der Waals surface area (Å²) in [5.74, 6) is -1.63. The van der Waals surface area contributed by atoms with Crippen molar-refractivity contribution in [3.63, 3.8) is 0 Å². The molecule has 2 N–H and O–H groups in total. The molecule has 18 heavy (non-hydrogen) atoms. The summed E-state index contributed by atoms with van der Waals surface area (Å²) in [6.07, 6.45) is 1.83. The minimum atomic E-state index is -1.02. The van der Waals surface area contributed by atoms with Crippen LogP contribution in [0.3, 0.4) is 0 Å². The average molecular weight is 256 g/mol. The number of hydrogen-bond acceptors (Lipinski definition) is 3. The molecule has 1 saturated heterocycles. The summed E-state index contributed by atoms with van der Waals surface area (Å²) in [4.78, 5) is 35.7. The Hall–Kier alpha value is -1.59. The molecule has 1 heterocycles. The number of aliphatic carboxylic acids is 1. The van der Waals surface area contributed by atoms with Gasteiger partial charge in [0.2, 0.25) is 11.8 Å². The molecular formula is C12H20N2O4. The molecule has 1 rings (SSSR count). The van der Waals surface area contributed by atoms with Crippen LogP contribution < -0.4 is 5.32 Å². The molecule has 0 aliphatic carbocycles. The minimum absolute atomic E-state index is 0.0437. The van der Waals surface area contributed by atoms with Crippen LogP contribution in [0.15, 0.2) is 0 Å². The van der Waals surface area contributed by atoms with E-state index >= 15 is 0 Å². The number of carboxylic acids is 1. The van der Waals surface area contributed by atoms with Crippen LogP contribution in [0.1, 0.15) is 33.1 Å². The molecule has 0 radical (unpaired) electrons. The van der Waals surface area contributed by atoms with Gasteiger partial charge in [-0.25, -0.2) is 4.79 Å². The predicted molar refractivity (Wildman–Crippen MR) is 64.8 cm³/mol. The van der Waals surface area contributed by atoms with Crippen molar-refractivity contribution in [2.75, 3.05) is 13.1 Å². The molecule has 0 spiro atoms. The van der Waals surface area contributed by atoms with Gasteiger partial charge in [-0.05, 0) is 19.3 Å². The highest BCUT2D eigenvalue weighted by atomic mass is 16.4. The average Bonchev–Trinajstić information content (AvgIpc) is 2.35. The molecule has 0 aromatic rings. The second-order valence-electron chi connectivity index (χ2n) is 4.61. The first kappa shape index (κ1) is 14.5. The van der Waals surface area contributed by atoms with Crippen molar-refractivity contribution in [3.8, 4) is 0 Å². The van der Waals surface area contributed by atoms with Crippen LogP contribution in [-0.4, -0.2) is 46.9 Å². The van der Waals surface area contributed by atoms with E-state index < -0.39 is 12.0 Å². The number of hydrogen-bond donors (Lipinski definition) is 2. The molecule has 2 atom stereocenters. The molecule has 1 fully saturated rings. The molecule has 0 aromatic carbocycles. The molecule has 1 aliphatic rings. The second kappa shape index (κ2) is 6.37. The third kappa shape index (κ3) is 3.72. The normalized spacial score (nSPS) is 21.2. The number of carbonyl (C=O) groups is 3. The van der Waals surface area contributed by atoms with Crippen LogP contribution >= 0.6 is 0 Å². The van der Waals surface area contributed by atoms with Crippen molar-refractivity contribution in [2.45, 2.75) is 39.2 Å². The maximum atomic E-state index is 11.9. The van der Waals surface area contributed by atoms with Gasteiger partial charge >= 0.3 is 5.97 Å².